The van der Waals surface area contributed by atoms with Crippen LogP contribution in [0.25, 0.3) is 0 Å². The second-order valence-electron chi connectivity index (χ2n) is 8.82. The average molecular weight is 416 g/mol. The number of hydrogen-bond donors (Lipinski definition) is 3. The number of fused-ring (bicyclic) bond motifs is 1. The van der Waals surface area contributed by atoms with E-state index in [1.54, 1.807) is 0 Å². The Hall–Kier alpha value is -1.76. The predicted molar refractivity (Wildman–Crippen MR) is 118 cm³/mol. The lowest BCUT2D eigenvalue weighted by Gasteiger charge is -2.32. The normalized spacial score (nSPS) is 23.1. The minimum Gasteiger partial charge on any atom is -0.486 e. The molecule has 0 amide bonds. The van der Waals surface area contributed by atoms with Crippen LogP contribution in [-0.2, 0) is 0 Å². The third kappa shape index (κ3) is 5.29. The van der Waals surface area contributed by atoms with Gasteiger partial charge in [-0.15, -0.1) is 0 Å². The van der Waals surface area contributed by atoms with Crippen LogP contribution in [0.5, 0.6) is 11.5 Å². The molecule has 6 heteroatoms. The number of hydrazine groups is 1. The van der Waals surface area contributed by atoms with Gasteiger partial charge < -0.3 is 24.9 Å². The van der Waals surface area contributed by atoms with Crippen molar-refractivity contribution in [3.8, 4) is 11.5 Å². The first-order valence-corrected chi connectivity index (χ1v) is 11.8. The van der Waals surface area contributed by atoms with E-state index in [4.69, 9.17) is 9.47 Å². The first-order valence-electron chi connectivity index (χ1n) is 11.8. The van der Waals surface area contributed by atoms with Crippen LogP contribution < -0.4 is 20.3 Å². The SMILES string of the molecule is CCCCCCC1=CC([C@H](CN2CCCC2)[C@H](O)c2ccc3c(c2)OCCO3)NN1. The second-order valence-corrected chi connectivity index (χ2v) is 8.82. The summed E-state index contributed by atoms with van der Waals surface area (Å²) in [5.41, 5.74) is 8.99. The molecule has 1 fully saturated rings. The Labute approximate surface area is 180 Å². The quantitative estimate of drug-likeness (QED) is 0.508. The minimum atomic E-state index is -0.573. The molecule has 1 saturated heterocycles. The second kappa shape index (κ2) is 10.5. The maximum absolute atomic E-state index is 11.4. The number of rotatable bonds is 10. The molecular weight excluding hydrogens is 378 g/mol. The fourth-order valence-electron chi connectivity index (χ4n) is 4.76. The number of likely N-dealkylation sites (tertiary alicyclic amines) is 1. The van der Waals surface area contributed by atoms with Crippen molar-refractivity contribution in [1.82, 2.24) is 15.8 Å². The molecule has 1 aromatic rings. The average Bonchev–Trinajstić information content (AvgIpc) is 3.46. The van der Waals surface area contributed by atoms with Gasteiger partial charge in [0.05, 0.1) is 12.1 Å². The Kier molecular flexibility index (Phi) is 7.52. The zero-order chi connectivity index (χ0) is 20.8. The summed E-state index contributed by atoms with van der Waals surface area (Å²) in [6.07, 6.45) is 10.3. The van der Waals surface area contributed by atoms with Crippen molar-refractivity contribution >= 4 is 0 Å². The van der Waals surface area contributed by atoms with Gasteiger partial charge in [-0.25, -0.2) is 5.43 Å². The highest BCUT2D eigenvalue weighted by Crippen LogP contribution is 2.36. The number of nitrogens with zero attached hydrogens (tertiary/aromatic N) is 1. The molecule has 3 N–H and O–H groups in total. The van der Waals surface area contributed by atoms with Crippen LogP contribution in [0.2, 0.25) is 0 Å². The molecule has 3 aliphatic rings. The van der Waals surface area contributed by atoms with E-state index < -0.39 is 6.10 Å². The molecule has 3 heterocycles. The van der Waals surface area contributed by atoms with Crippen molar-refractivity contribution in [3.05, 3.63) is 35.5 Å². The number of aliphatic hydroxyl groups excluding tert-OH is 1. The van der Waals surface area contributed by atoms with Gasteiger partial charge in [-0.2, -0.15) is 0 Å². The highest BCUT2D eigenvalue weighted by Gasteiger charge is 2.33. The Morgan fingerprint density at radius 3 is 2.70 bits per heavy atom. The minimum absolute atomic E-state index is 0.0614. The lowest BCUT2D eigenvalue weighted by molar-refractivity contribution is 0.0701. The summed E-state index contributed by atoms with van der Waals surface area (Å²) in [6.45, 7) is 6.51. The van der Waals surface area contributed by atoms with Gasteiger partial charge in [0.15, 0.2) is 11.5 Å². The molecule has 0 aromatic heterocycles. The molecule has 0 bridgehead atoms. The number of nitrogens with one attached hydrogen (secondary N) is 2. The number of hydrogen-bond acceptors (Lipinski definition) is 6. The van der Waals surface area contributed by atoms with Gasteiger partial charge in [0.2, 0.25) is 0 Å². The summed E-state index contributed by atoms with van der Waals surface area (Å²) in [5, 5.41) is 11.4. The first kappa shape index (κ1) is 21.5. The Morgan fingerprint density at radius 1 is 1.10 bits per heavy atom. The number of ether oxygens (including phenoxy) is 2. The van der Waals surface area contributed by atoms with Gasteiger partial charge >= 0.3 is 0 Å². The summed E-state index contributed by atoms with van der Waals surface area (Å²) >= 11 is 0. The topological polar surface area (TPSA) is 66.0 Å². The molecule has 1 aromatic carbocycles. The molecule has 0 radical (unpaired) electrons. The highest BCUT2D eigenvalue weighted by atomic mass is 16.6. The number of allylic oxidation sites excluding steroid dienone is 1. The van der Waals surface area contributed by atoms with E-state index in [0.717, 1.165) is 43.1 Å². The van der Waals surface area contributed by atoms with Crippen LogP contribution in [0.3, 0.4) is 0 Å². The van der Waals surface area contributed by atoms with E-state index in [1.807, 2.05) is 18.2 Å². The molecule has 0 saturated carbocycles. The molecule has 1 unspecified atom stereocenters. The summed E-state index contributed by atoms with van der Waals surface area (Å²) < 4.78 is 11.4. The zero-order valence-corrected chi connectivity index (χ0v) is 18.2. The molecule has 166 valence electrons. The molecule has 4 rings (SSSR count). The van der Waals surface area contributed by atoms with Gasteiger partial charge in [0.25, 0.3) is 0 Å². The molecule has 6 nitrogen and oxygen atoms in total. The Morgan fingerprint density at radius 2 is 1.90 bits per heavy atom. The standard InChI is InChI=1S/C24H37N3O3/c1-2-3-4-5-8-19-16-21(26-25-19)20(17-27-11-6-7-12-27)24(28)18-9-10-22-23(15-18)30-14-13-29-22/h9-10,15-16,20-21,24-26,28H,2-8,11-14,17H2,1H3/t20-,21?,24+/m0/s1. The van der Waals surface area contributed by atoms with Gasteiger partial charge in [0, 0.05) is 18.2 Å². The van der Waals surface area contributed by atoms with Gasteiger partial charge in [-0.1, -0.05) is 32.3 Å². The first-order chi connectivity index (χ1) is 14.7. The summed E-state index contributed by atoms with van der Waals surface area (Å²) in [5.74, 6) is 1.57. The van der Waals surface area contributed by atoms with Crippen LogP contribution in [0.15, 0.2) is 30.0 Å². The molecular formula is C24H37N3O3. The molecule has 0 spiro atoms. The Bertz CT molecular complexity index is 718. The van der Waals surface area contributed by atoms with Crippen LogP contribution in [-0.4, -0.2) is 48.9 Å². The lowest BCUT2D eigenvalue weighted by atomic mass is 9.88. The summed E-state index contributed by atoms with van der Waals surface area (Å²) in [6, 6.07) is 5.96. The van der Waals surface area contributed by atoms with E-state index in [-0.39, 0.29) is 12.0 Å². The lowest BCUT2D eigenvalue weighted by Crippen LogP contribution is -2.44. The van der Waals surface area contributed by atoms with Crippen LogP contribution in [0, 0.1) is 5.92 Å². The van der Waals surface area contributed by atoms with Crippen LogP contribution in [0.4, 0.5) is 0 Å². The van der Waals surface area contributed by atoms with E-state index >= 15 is 0 Å². The maximum Gasteiger partial charge on any atom is 0.161 e. The highest BCUT2D eigenvalue weighted by molar-refractivity contribution is 5.44. The number of benzene rings is 1. The predicted octanol–water partition coefficient (Wildman–Crippen LogP) is 3.53. The molecule has 0 aliphatic carbocycles. The van der Waals surface area contributed by atoms with Crippen molar-refractivity contribution in [3.63, 3.8) is 0 Å². The van der Waals surface area contributed by atoms with E-state index in [9.17, 15) is 5.11 Å². The largest absolute Gasteiger partial charge is 0.486 e. The smallest absolute Gasteiger partial charge is 0.161 e. The van der Waals surface area contributed by atoms with Crippen molar-refractivity contribution in [2.75, 3.05) is 32.8 Å². The fraction of sp³-hybridized carbons (Fsp3) is 0.667. The van der Waals surface area contributed by atoms with E-state index in [0.29, 0.717) is 13.2 Å². The van der Waals surface area contributed by atoms with Crippen LogP contribution in [0.1, 0.15) is 63.5 Å². The van der Waals surface area contributed by atoms with Crippen molar-refractivity contribution in [2.45, 2.75) is 64.0 Å². The number of unbranched alkanes of at least 4 members (excludes halogenated alkanes) is 3. The van der Waals surface area contributed by atoms with Crippen LogP contribution >= 0.6 is 0 Å². The van der Waals surface area contributed by atoms with Gasteiger partial charge in [-0.05, 0) is 62.5 Å². The third-order valence-corrected chi connectivity index (χ3v) is 6.52. The maximum atomic E-state index is 11.4. The van der Waals surface area contributed by atoms with E-state index in [1.165, 1.54) is 44.2 Å². The Balaban J connectivity index is 1.47. The summed E-state index contributed by atoms with van der Waals surface area (Å²) in [4.78, 5) is 2.49. The van der Waals surface area contributed by atoms with Gasteiger partial charge in [-0.3, -0.25) is 0 Å². The number of aliphatic hydroxyl groups is 1. The molecule has 30 heavy (non-hydrogen) atoms. The van der Waals surface area contributed by atoms with Crippen molar-refractivity contribution in [2.24, 2.45) is 5.92 Å². The fourth-order valence-corrected chi connectivity index (χ4v) is 4.76. The van der Waals surface area contributed by atoms with Crippen molar-refractivity contribution in [1.29, 1.82) is 0 Å². The van der Waals surface area contributed by atoms with Gasteiger partial charge in [0.1, 0.15) is 13.2 Å². The summed E-state index contributed by atoms with van der Waals surface area (Å²) in [7, 11) is 0. The zero-order valence-electron chi connectivity index (χ0n) is 18.2. The van der Waals surface area contributed by atoms with Crippen molar-refractivity contribution < 1.29 is 14.6 Å². The van der Waals surface area contributed by atoms with E-state index in [2.05, 4.69) is 28.8 Å². The third-order valence-electron chi connectivity index (χ3n) is 6.52. The monoisotopic (exact) mass is 415 g/mol. The molecule has 3 atom stereocenters. The molecule has 3 aliphatic heterocycles.